The Balaban J connectivity index is 1.37. The molecular formula is C27H32N6O3. The van der Waals surface area contributed by atoms with Crippen molar-refractivity contribution in [1.29, 1.82) is 0 Å². The van der Waals surface area contributed by atoms with Crippen LogP contribution in [0.2, 0.25) is 0 Å². The number of ether oxygens (including phenoxy) is 2. The Morgan fingerprint density at radius 1 is 1.14 bits per heavy atom. The number of anilines is 2. The summed E-state index contributed by atoms with van der Waals surface area (Å²) in [5.74, 6) is 2.26. The second-order valence-corrected chi connectivity index (χ2v) is 9.37. The van der Waals surface area contributed by atoms with E-state index in [2.05, 4.69) is 45.8 Å². The number of amides is 1. The smallest absolute Gasteiger partial charge is 0.258 e. The molecule has 1 fully saturated rings. The molecule has 1 saturated heterocycles. The van der Waals surface area contributed by atoms with E-state index < -0.39 is 0 Å². The first kappa shape index (κ1) is 24.2. The van der Waals surface area contributed by atoms with E-state index in [-0.39, 0.29) is 18.6 Å². The van der Waals surface area contributed by atoms with E-state index in [4.69, 9.17) is 19.4 Å². The van der Waals surface area contributed by atoms with E-state index in [1.807, 2.05) is 38.1 Å². The minimum Gasteiger partial charge on any atom is -0.484 e. The molecule has 4 N–H and O–H groups in total. The highest BCUT2D eigenvalue weighted by Gasteiger charge is 2.20. The van der Waals surface area contributed by atoms with Crippen LogP contribution in [-0.4, -0.2) is 48.2 Å². The van der Waals surface area contributed by atoms with Crippen molar-refractivity contribution in [2.24, 2.45) is 0 Å². The summed E-state index contributed by atoms with van der Waals surface area (Å²) in [6.07, 6.45) is 0.728. The first-order chi connectivity index (χ1) is 17.5. The maximum absolute atomic E-state index is 12.0. The van der Waals surface area contributed by atoms with Crippen LogP contribution in [0.25, 0.3) is 11.4 Å². The van der Waals surface area contributed by atoms with Gasteiger partial charge in [0, 0.05) is 48.3 Å². The van der Waals surface area contributed by atoms with Gasteiger partial charge in [0.2, 0.25) is 0 Å². The molecule has 36 heavy (non-hydrogen) atoms. The van der Waals surface area contributed by atoms with Crippen LogP contribution in [0, 0.1) is 0 Å². The minimum absolute atomic E-state index is 0.0419. The molecule has 0 unspecified atom stereocenters. The van der Waals surface area contributed by atoms with Gasteiger partial charge in [0.15, 0.2) is 12.4 Å². The zero-order valence-corrected chi connectivity index (χ0v) is 20.6. The Morgan fingerprint density at radius 2 is 1.94 bits per heavy atom. The van der Waals surface area contributed by atoms with Crippen LogP contribution in [0.1, 0.15) is 36.6 Å². The van der Waals surface area contributed by atoms with E-state index in [9.17, 15) is 4.79 Å². The van der Waals surface area contributed by atoms with Gasteiger partial charge >= 0.3 is 0 Å². The van der Waals surface area contributed by atoms with Gasteiger partial charge < -0.3 is 20.1 Å². The lowest BCUT2D eigenvalue weighted by atomic mass is 10.0. The number of benzene rings is 2. The molecule has 0 spiro atoms. The standard InChI is InChI=1S/C27H32N6O3/c1-17(2)30-25(34)16-36-22-5-3-4-19(12-22)26-32-24-10-11-35-15-23(24)27(33-26)31-21-8-6-18(7-9-21)20-13-28-29-14-20/h3-9,12,17,20,28-29H,10-11,13-16H2,1-2H3,(H,30,34)(H,31,32,33). The molecule has 3 aromatic rings. The molecule has 2 aliphatic rings. The fraction of sp³-hybridized carbons (Fsp3) is 0.370. The molecule has 2 aromatic carbocycles. The van der Waals surface area contributed by atoms with Crippen molar-refractivity contribution in [3.63, 3.8) is 0 Å². The highest BCUT2D eigenvalue weighted by atomic mass is 16.5. The molecule has 0 aliphatic carbocycles. The van der Waals surface area contributed by atoms with Crippen molar-refractivity contribution in [3.8, 4) is 17.1 Å². The van der Waals surface area contributed by atoms with Crippen molar-refractivity contribution >= 4 is 17.4 Å². The third-order valence-corrected chi connectivity index (χ3v) is 6.20. The summed E-state index contributed by atoms with van der Waals surface area (Å²) in [6.45, 7) is 6.76. The van der Waals surface area contributed by atoms with Gasteiger partial charge in [-0.25, -0.2) is 9.97 Å². The number of hydrogen-bond acceptors (Lipinski definition) is 8. The highest BCUT2D eigenvalue weighted by Crippen LogP contribution is 2.30. The van der Waals surface area contributed by atoms with Crippen molar-refractivity contribution in [2.45, 2.75) is 38.8 Å². The summed E-state index contributed by atoms with van der Waals surface area (Å²) in [5.41, 5.74) is 11.4. The topological polar surface area (TPSA) is 109 Å². The zero-order chi connectivity index (χ0) is 24.9. The Labute approximate surface area is 211 Å². The number of hydrogen-bond donors (Lipinski definition) is 4. The number of carbonyl (C=O) groups is 1. The van der Waals surface area contributed by atoms with Gasteiger partial charge in [-0.05, 0) is 43.7 Å². The fourth-order valence-electron chi connectivity index (χ4n) is 4.38. The van der Waals surface area contributed by atoms with Crippen LogP contribution in [0.3, 0.4) is 0 Å². The molecule has 1 aromatic heterocycles. The molecule has 0 atom stereocenters. The maximum atomic E-state index is 12.0. The summed E-state index contributed by atoms with van der Waals surface area (Å²) in [5, 5.41) is 6.31. The van der Waals surface area contributed by atoms with Crippen molar-refractivity contribution < 1.29 is 14.3 Å². The summed E-state index contributed by atoms with van der Waals surface area (Å²) in [7, 11) is 0. The lowest BCUT2D eigenvalue weighted by Crippen LogP contribution is -2.34. The number of carbonyl (C=O) groups excluding carboxylic acids is 1. The lowest BCUT2D eigenvalue weighted by molar-refractivity contribution is -0.123. The summed E-state index contributed by atoms with van der Waals surface area (Å²) < 4.78 is 11.4. The Bertz CT molecular complexity index is 1210. The van der Waals surface area contributed by atoms with Crippen LogP contribution in [0.15, 0.2) is 48.5 Å². The van der Waals surface area contributed by atoms with Gasteiger partial charge in [-0.2, -0.15) is 0 Å². The first-order valence-electron chi connectivity index (χ1n) is 12.4. The van der Waals surface area contributed by atoms with Crippen LogP contribution < -0.4 is 26.2 Å². The average molecular weight is 489 g/mol. The lowest BCUT2D eigenvalue weighted by Gasteiger charge is -2.20. The van der Waals surface area contributed by atoms with Crippen LogP contribution in [0.4, 0.5) is 11.5 Å². The van der Waals surface area contributed by atoms with Gasteiger partial charge in [-0.1, -0.05) is 24.3 Å². The molecule has 9 nitrogen and oxygen atoms in total. The van der Waals surface area contributed by atoms with Gasteiger partial charge in [0.1, 0.15) is 11.6 Å². The largest absolute Gasteiger partial charge is 0.484 e. The summed E-state index contributed by atoms with van der Waals surface area (Å²) >= 11 is 0. The minimum atomic E-state index is -0.154. The van der Waals surface area contributed by atoms with Gasteiger partial charge in [-0.3, -0.25) is 15.6 Å². The van der Waals surface area contributed by atoms with Crippen LogP contribution in [-0.2, 0) is 22.6 Å². The van der Waals surface area contributed by atoms with Crippen molar-refractivity contribution in [2.75, 3.05) is 31.6 Å². The number of nitrogens with one attached hydrogen (secondary N) is 4. The fourth-order valence-corrected chi connectivity index (χ4v) is 4.38. The number of fused-ring (bicyclic) bond motifs is 1. The van der Waals surface area contributed by atoms with Gasteiger partial charge in [0.25, 0.3) is 5.91 Å². The Morgan fingerprint density at radius 3 is 2.72 bits per heavy atom. The quantitative estimate of drug-likeness (QED) is 0.383. The molecule has 5 rings (SSSR count). The second-order valence-electron chi connectivity index (χ2n) is 9.37. The van der Waals surface area contributed by atoms with E-state index in [0.717, 1.165) is 47.8 Å². The molecule has 9 heteroatoms. The number of nitrogens with zero attached hydrogens (tertiary/aromatic N) is 2. The van der Waals surface area contributed by atoms with E-state index in [0.29, 0.717) is 30.7 Å². The molecular weight excluding hydrogens is 456 g/mol. The molecule has 3 heterocycles. The molecule has 1 amide bonds. The Hall–Kier alpha value is -3.53. The van der Waals surface area contributed by atoms with Crippen molar-refractivity contribution in [3.05, 3.63) is 65.4 Å². The summed E-state index contributed by atoms with van der Waals surface area (Å²) in [4.78, 5) is 21.7. The predicted molar refractivity (Wildman–Crippen MR) is 138 cm³/mol. The van der Waals surface area contributed by atoms with E-state index in [1.165, 1.54) is 5.56 Å². The average Bonchev–Trinajstić information content (AvgIpc) is 3.43. The van der Waals surface area contributed by atoms with Crippen LogP contribution in [0.5, 0.6) is 5.75 Å². The highest BCUT2D eigenvalue weighted by molar-refractivity contribution is 5.77. The van der Waals surface area contributed by atoms with Crippen molar-refractivity contribution in [1.82, 2.24) is 26.1 Å². The molecule has 0 bridgehead atoms. The number of aromatic nitrogens is 2. The first-order valence-corrected chi connectivity index (χ1v) is 12.4. The van der Waals surface area contributed by atoms with Gasteiger partial charge in [-0.15, -0.1) is 0 Å². The number of rotatable bonds is 8. The van der Waals surface area contributed by atoms with E-state index in [1.54, 1.807) is 0 Å². The molecule has 2 aliphatic heterocycles. The van der Waals surface area contributed by atoms with E-state index >= 15 is 0 Å². The third-order valence-electron chi connectivity index (χ3n) is 6.20. The second kappa shape index (κ2) is 11.0. The van der Waals surface area contributed by atoms with Gasteiger partial charge in [0.05, 0.1) is 18.9 Å². The molecule has 188 valence electrons. The predicted octanol–water partition coefficient (Wildman–Crippen LogP) is 3.05. The number of hydrazine groups is 1. The summed E-state index contributed by atoms with van der Waals surface area (Å²) in [6, 6.07) is 16.1. The monoisotopic (exact) mass is 488 g/mol. The SMILES string of the molecule is CC(C)NC(=O)COc1cccc(-c2nc3c(c(Nc4ccc(C5CNNC5)cc4)n2)COCC3)c1. The Kier molecular flexibility index (Phi) is 7.41. The maximum Gasteiger partial charge on any atom is 0.258 e. The van der Waals surface area contributed by atoms with Crippen LogP contribution >= 0.6 is 0 Å². The molecule has 0 radical (unpaired) electrons. The zero-order valence-electron chi connectivity index (χ0n) is 20.6. The third kappa shape index (κ3) is 5.81. The molecule has 0 saturated carbocycles. The normalized spacial score (nSPS) is 15.5.